The van der Waals surface area contributed by atoms with Crippen LogP contribution < -0.4 is 5.32 Å². The molecule has 2 aromatic rings. The van der Waals surface area contributed by atoms with Crippen molar-refractivity contribution in [3.05, 3.63) is 61.8 Å². The molecule has 1 N–H and O–H groups in total. The Balaban J connectivity index is 1.62. The molecule has 1 fully saturated rings. The van der Waals surface area contributed by atoms with Crippen molar-refractivity contribution < 1.29 is 14.5 Å². The molecule has 0 saturated carbocycles. The highest BCUT2D eigenvalue weighted by molar-refractivity contribution is 7.10. The summed E-state index contributed by atoms with van der Waals surface area (Å²) in [6.45, 7) is 0.101. The summed E-state index contributed by atoms with van der Waals surface area (Å²) in [5, 5.41) is 15.6. The van der Waals surface area contributed by atoms with E-state index in [0.29, 0.717) is 12.0 Å². The third-order valence-corrected chi connectivity index (χ3v) is 5.81. The number of fused-ring (bicyclic) bond motifs is 2. The van der Waals surface area contributed by atoms with Gasteiger partial charge in [0.05, 0.1) is 11.5 Å². The second-order valence-electron chi connectivity index (χ2n) is 6.26. The monoisotopic (exact) mass is 357 g/mol. The van der Waals surface area contributed by atoms with Gasteiger partial charge in [0.1, 0.15) is 5.54 Å². The third kappa shape index (κ3) is 2.41. The number of urea groups is 1. The molecule has 1 aromatic heterocycles. The van der Waals surface area contributed by atoms with Crippen molar-refractivity contribution >= 4 is 29.0 Å². The SMILES string of the molecule is O=C1NC2(CCCc3sccc32)C(=O)N1Cc1ccc([N+](=O)[O-])cc1. The number of aryl methyl sites for hydroxylation is 1. The molecule has 128 valence electrons. The summed E-state index contributed by atoms with van der Waals surface area (Å²) in [5.41, 5.74) is 0.610. The molecule has 3 amide bonds. The molecule has 0 radical (unpaired) electrons. The van der Waals surface area contributed by atoms with Gasteiger partial charge >= 0.3 is 6.03 Å². The largest absolute Gasteiger partial charge is 0.325 e. The zero-order valence-electron chi connectivity index (χ0n) is 13.2. The van der Waals surface area contributed by atoms with Crippen molar-refractivity contribution in [2.75, 3.05) is 0 Å². The Morgan fingerprint density at radius 3 is 2.72 bits per heavy atom. The first-order chi connectivity index (χ1) is 12.0. The first-order valence-corrected chi connectivity index (χ1v) is 8.83. The number of imide groups is 1. The number of non-ortho nitro benzene ring substituents is 1. The predicted octanol–water partition coefficient (Wildman–Crippen LogP) is 2.94. The lowest BCUT2D eigenvalue weighted by Crippen LogP contribution is -2.46. The molecule has 7 nitrogen and oxygen atoms in total. The Bertz CT molecular complexity index is 876. The first kappa shape index (κ1) is 15.8. The molecule has 1 aliphatic carbocycles. The Morgan fingerprint density at radius 1 is 1.24 bits per heavy atom. The van der Waals surface area contributed by atoms with E-state index in [-0.39, 0.29) is 18.1 Å². The number of carbonyl (C=O) groups is 2. The fourth-order valence-electron chi connectivity index (χ4n) is 3.59. The highest BCUT2D eigenvalue weighted by Crippen LogP contribution is 2.42. The van der Waals surface area contributed by atoms with E-state index in [1.165, 1.54) is 17.0 Å². The van der Waals surface area contributed by atoms with Crippen LogP contribution in [0.2, 0.25) is 0 Å². The molecule has 2 heterocycles. The highest BCUT2D eigenvalue weighted by atomic mass is 32.1. The van der Waals surface area contributed by atoms with E-state index >= 15 is 0 Å². The van der Waals surface area contributed by atoms with Crippen molar-refractivity contribution in [1.29, 1.82) is 0 Å². The van der Waals surface area contributed by atoms with Crippen LogP contribution in [0.15, 0.2) is 35.7 Å². The summed E-state index contributed by atoms with van der Waals surface area (Å²) in [6.07, 6.45) is 2.38. The van der Waals surface area contributed by atoms with Crippen LogP contribution >= 0.6 is 11.3 Å². The molecule has 1 saturated heterocycles. The summed E-state index contributed by atoms with van der Waals surface area (Å²) in [4.78, 5) is 38.1. The molecule has 1 unspecified atom stereocenters. The number of nitro benzene ring substituents is 1. The van der Waals surface area contributed by atoms with Gasteiger partial charge in [0.15, 0.2) is 0 Å². The number of nitrogens with zero attached hydrogens (tertiary/aromatic N) is 2. The lowest BCUT2D eigenvalue weighted by molar-refractivity contribution is -0.384. The minimum atomic E-state index is -0.953. The number of nitro groups is 1. The van der Waals surface area contributed by atoms with Crippen molar-refractivity contribution in [3.8, 4) is 0 Å². The van der Waals surface area contributed by atoms with E-state index < -0.39 is 16.5 Å². The fourth-order valence-corrected chi connectivity index (χ4v) is 4.59. The second-order valence-corrected chi connectivity index (χ2v) is 7.26. The van der Waals surface area contributed by atoms with E-state index in [2.05, 4.69) is 5.32 Å². The maximum atomic E-state index is 13.1. The van der Waals surface area contributed by atoms with Crippen molar-refractivity contribution in [1.82, 2.24) is 10.2 Å². The number of amides is 3. The number of carbonyl (C=O) groups excluding carboxylic acids is 2. The van der Waals surface area contributed by atoms with Gasteiger partial charge in [-0.1, -0.05) is 12.1 Å². The van der Waals surface area contributed by atoms with Gasteiger partial charge in [0.25, 0.3) is 11.6 Å². The highest BCUT2D eigenvalue weighted by Gasteiger charge is 2.54. The molecular weight excluding hydrogens is 342 g/mol. The number of thiophene rings is 1. The Hall–Kier alpha value is -2.74. The molecule has 8 heteroatoms. The number of hydrogen-bond donors (Lipinski definition) is 1. The minimum absolute atomic E-state index is 0.0207. The van der Waals surface area contributed by atoms with E-state index in [1.807, 2.05) is 11.4 Å². The summed E-state index contributed by atoms with van der Waals surface area (Å²) in [5.74, 6) is -0.241. The minimum Gasteiger partial charge on any atom is -0.319 e. The van der Waals surface area contributed by atoms with Gasteiger partial charge in [-0.25, -0.2) is 4.79 Å². The van der Waals surface area contributed by atoms with E-state index in [1.54, 1.807) is 23.5 Å². The molecule has 1 atom stereocenters. The van der Waals surface area contributed by atoms with Crippen LogP contribution in [-0.2, 0) is 23.3 Å². The van der Waals surface area contributed by atoms with Gasteiger partial charge in [0.2, 0.25) is 0 Å². The van der Waals surface area contributed by atoms with Crippen LogP contribution in [0.5, 0.6) is 0 Å². The fraction of sp³-hybridized carbons (Fsp3) is 0.294. The first-order valence-electron chi connectivity index (χ1n) is 7.95. The van der Waals surface area contributed by atoms with Gasteiger partial charge in [0, 0.05) is 22.6 Å². The molecule has 25 heavy (non-hydrogen) atoms. The average Bonchev–Trinajstić information content (AvgIpc) is 3.16. The summed E-state index contributed by atoms with van der Waals surface area (Å²) in [7, 11) is 0. The molecule has 1 aliphatic heterocycles. The number of nitrogens with one attached hydrogen (secondary N) is 1. The quantitative estimate of drug-likeness (QED) is 0.519. The number of hydrogen-bond acceptors (Lipinski definition) is 5. The lowest BCUT2D eigenvalue weighted by Gasteiger charge is -2.31. The normalized spacial score (nSPS) is 22.2. The van der Waals surface area contributed by atoms with Gasteiger partial charge in [-0.05, 0) is 36.3 Å². The Morgan fingerprint density at radius 2 is 2.00 bits per heavy atom. The Labute approximate surface area is 147 Å². The van der Waals surface area contributed by atoms with Crippen LogP contribution in [0.4, 0.5) is 10.5 Å². The zero-order chi connectivity index (χ0) is 17.6. The van der Waals surface area contributed by atoms with Crippen LogP contribution in [0.3, 0.4) is 0 Å². The smallest absolute Gasteiger partial charge is 0.319 e. The van der Waals surface area contributed by atoms with E-state index in [0.717, 1.165) is 23.3 Å². The van der Waals surface area contributed by atoms with Gasteiger partial charge in [-0.3, -0.25) is 19.8 Å². The van der Waals surface area contributed by atoms with Gasteiger partial charge in [-0.2, -0.15) is 0 Å². The average molecular weight is 357 g/mol. The molecule has 1 spiro atoms. The van der Waals surface area contributed by atoms with Crippen LogP contribution in [-0.4, -0.2) is 21.8 Å². The molecule has 4 rings (SSSR count). The topological polar surface area (TPSA) is 92.6 Å². The summed E-state index contributed by atoms with van der Waals surface area (Å²) >= 11 is 1.61. The van der Waals surface area contributed by atoms with E-state index in [9.17, 15) is 19.7 Å². The zero-order valence-corrected chi connectivity index (χ0v) is 14.0. The molecule has 2 aliphatic rings. The van der Waals surface area contributed by atoms with Crippen LogP contribution in [0.25, 0.3) is 0 Å². The molecule has 1 aromatic carbocycles. The van der Waals surface area contributed by atoms with Crippen LogP contribution in [0, 0.1) is 10.1 Å². The number of rotatable bonds is 3. The predicted molar refractivity (Wildman–Crippen MR) is 91.1 cm³/mol. The van der Waals surface area contributed by atoms with Crippen molar-refractivity contribution in [2.45, 2.75) is 31.3 Å². The van der Waals surface area contributed by atoms with E-state index in [4.69, 9.17) is 0 Å². The third-order valence-electron chi connectivity index (χ3n) is 4.82. The number of benzene rings is 1. The maximum Gasteiger partial charge on any atom is 0.325 e. The van der Waals surface area contributed by atoms with Gasteiger partial charge < -0.3 is 5.32 Å². The molecular formula is C17H15N3O4S. The maximum absolute atomic E-state index is 13.1. The summed E-state index contributed by atoms with van der Waals surface area (Å²) < 4.78 is 0. The lowest BCUT2D eigenvalue weighted by atomic mass is 9.80. The second kappa shape index (κ2) is 5.66. The van der Waals surface area contributed by atoms with Crippen LogP contribution in [0.1, 0.15) is 28.8 Å². The van der Waals surface area contributed by atoms with Crippen molar-refractivity contribution in [2.24, 2.45) is 0 Å². The van der Waals surface area contributed by atoms with Crippen molar-refractivity contribution in [3.63, 3.8) is 0 Å². The summed E-state index contributed by atoms with van der Waals surface area (Å²) in [6, 6.07) is 7.40. The Kier molecular flexibility index (Phi) is 3.57. The standard InChI is InChI=1S/C17H15N3O4S/c21-15-17(8-1-2-14-13(17)7-9-25-14)18-16(22)19(15)10-11-3-5-12(6-4-11)20(23)24/h3-7,9H,1-2,8,10H2,(H,18,22). The molecule has 0 bridgehead atoms. The van der Waals surface area contributed by atoms with Gasteiger partial charge in [-0.15, -0.1) is 11.3 Å².